The quantitative estimate of drug-likeness (QED) is 0.660. The van der Waals surface area contributed by atoms with Crippen molar-refractivity contribution in [3.63, 3.8) is 0 Å². The van der Waals surface area contributed by atoms with E-state index >= 15 is 0 Å². The minimum atomic E-state index is 0.532. The van der Waals surface area contributed by atoms with Gasteiger partial charge < -0.3 is 10.2 Å². The Morgan fingerprint density at radius 3 is 2.76 bits per heavy atom. The van der Waals surface area contributed by atoms with Crippen LogP contribution in [-0.2, 0) is 0 Å². The lowest BCUT2D eigenvalue weighted by Gasteiger charge is -2.42. The number of anilines is 2. The van der Waals surface area contributed by atoms with Gasteiger partial charge in [0, 0.05) is 25.2 Å². The Hall–Kier alpha value is -0.970. The lowest BCUT2D eigenvalue weighted by Crippen LogP contribution is -2.46. The second kappa shape index (κ2) is 7.34. The first kappa shape index (κ1) is 16.4. The van der Waals surface area contributed by atoms with Crippen molar-refractivity contribution in [2.75, 3.05) is 29.6 Å². The van der Waals surface area contributed by atoms with Crippen molar-refractivity contribution in [3.05, 3.63) is 6.07 Å². The highest BCUT2D eigenvalue weighted by Gasteiger charge is 2.30. The van der Waals surface area contributed by atoms with Gasteiger partial charge in [-0.1, -0.05) is 32.5 Å². The van der Waals surface area contributed by atoms with Crippen LogP contribution in [0.25, 0.3) is 0 Å². The van der Waals surface area contributed by atoms with Gasteiger partial charge in [-0.3, -0.25) is 0 Å². The standard InChI is InChI=1S/C16H28N4S/c1-6-7-17-14-9-15(19-16(18-14)21-5)20-10-11(2)8-12(3)13(20)4/h9,11-13H,6-8,10H2,1-5H3,(H,17,18,19). The first-order valence-electron chi connectivity index (χ1n) is 7.98. The normalized spacial score (nSPS) is 26.0. The van der Waals surface area contributed by atoms with Gasteiger partial charge in [-0.2, -0.15) is 0 Å². The molecule has 3 atom stereocenters. The maximum Gasteiger partial charge on any atom is 0.191 e. The summed E-state index contributed by atoms with van der Waals surface area (Å²) in [6, 6.07) is 2.64. The van der Waals surface area contributed by atoms with Crippen LogP contribution >= 0.6 is 11.8 Å². The predicted molar refractivity (Wildman–Crippen MR) is 92.3 cm³/mol. The summed E-state index contributed by atoms with van der Waals surface area (Å²) in [6.07, 6.45) is 4.44. The average molecular weight is 308 g/mol. The van der Waals surface area contributed by atoms with E-state index < -0.39 is 0 Å². The Morgan fingerprint density at radius 2 is 2.10 bits per heavy atom. The number of piperidine rings is 1. The van der Waals surface area contributed by atoms with Crippen LogP contribution in [0.4, 0.5) is 11.6 Å². The molecule has 1 saturated heterocycles. The van der Waals surface area contributed by atoms with Crippen molar-refractivity contribution in [3.8, 4) is 0 Å². The van der Waals surface area contributed by atoms with Crippen molar-refractivity contribution in [1.82, 2.24) is 9.97 Å². The first-order chi connectivity index (χ1) is 10.0. The zero-order chi connectivity index (χ0) is 15.4. The number of thioether (sulfide) groups is 1. The van der Waals surface area contributed by atoms with Crippen molar-refractivity contribution in [1.29, 1.82) is 0 Å². The minimum Gasteiger partial charge on any atom is -0.370 e. The molecule has 5 heteroatoms. The second-order valence-corrected chi connectivity index (χ2v) is 7.01. The maximum atomic E-state index is 4.74. The van der Waals surface area contributed by atoms with Crippen LogP contribution in [0.3, 0.4) is 0 Å². The number of nitrogens with one attached hydrogen (secondary N) is 1. The monoisotopic (exact) mass is 308 g/mol. The summed E-state index contributed by atoms with van der Waals surface area (Å²) in [7, 11) is 0. The zero-order valence-electron chi connectivity index (χ0n) is 13.9. The van der Waals surface area contributed by atoms with Gasteiger partial charge in [-0.05, 0) is 37.9 Å². The first-order valence-corrected chi connectivity index (χ1v) is 9.21. The van der Waals surface area contributed by atoms with Gasteiger partial charge in [0.05, 0.1) is 0 Å². The molecule has 3 unspecified atom stereocenters. The molecule has 1 aliphatic rings. The van der Waals surface area contributed by atoms with Gasteiger partial charge in [-0.25, -0.2) is 9.97 Å². The molecule has 1 N–H and O–H groups in total. The molecule has 1 aromatic heterocycles. The fraction of sp³-hybridized carbons (Fsp3) is 0.750. The highest BCUT2D eigenvalue weighted by molar-refractivity contribution is 7.98. The van der Waals surface area contributed by atoms with Gasteiger partial charge in [0.2, 0.25) is 0 Å². The van der Waals surface area contributed by atoms with Crippen LogP contribution in [0.15, 0.2) is 11.2 Å². The van der Waals surface area contributed by atoms with E-state index in [9.17, 15) is 0 Å². The van der Waals surface area contributed by atoms with Crippen molar-refractivity contribution in [2.24, 2.45) is 11.8 Å². The van der Waals surface area contributed by atoms with Gasteiger partial charge in [0.1, 0.15) is 11.6 Å². The van der Waals surface area contributed by atoms with Gasteiger partial charge in [0.25, 0.3) is 0 Å². The third-order valence-corrected chi connectivity index (χ3v) is 4.87. The number of hydrogen-bond donors (Lipinski definition) is 1. The van der Waals surface area contributed by atoms with Gasteiger partial charge in [-0.15, -0.1) is 0 Å². The van der Waals surface area contributed by atoms with E-state index in [1.54, 1.807) is 11.8 Å². The van der Waals surface area contributed by atoms with Crippen LogP contribution in [-0.4, -0.2) is 35.4 Å². The highest BCUT2D eigenvalue weighted by Crippen LogP contribution is 2.31. The SMILES string of the molecule is CCCNc1cc(N2CC(C)CC(C)C2C)nc(SC)n1. The molecule has 1 aromatic rings. The molecule has 2 rings (SSSR count). The van der Waals surface area contributed by atoms with E-state index in [-0.39, 0.29) is 0 Å². The summed E-state index contributed by atoms with van der Waals surface area (Å²) in [5.41, 5.74) is 0. The molecule has 0 saturated carbocycles. The average Bonchev–Trinajstić information content (AvgIpc) is 2.48. The summed E-state index contributed by atoms with van der Waals surface area (Å²) >= 11 is 1.61. The van der Waals surface area contributed by atoms with E-state index in [2.05, 4.69) is 49.0 Å². The molecule has 0 aromatic carbocycles. The number of aromatic nitrogens is 2. The third-order valence-electron chi connectivity index (χ3n) is 4.32. The molecule has 0 amide bonds. The van der Waals surface area contributed by atoms with Crippen molar-refractivity contribution < 1.29 is 0 Å². The molecule has 0 spiro atoms. The number of hydrogen-bond acceptors (Lipinski definition) is 5. The maximum absolute atomic E-state index is 4.74. The van der Waals surface area contributed by atoms with E-state index in [1.165, 1.54) is 6.42 Å². The van der Waals surface area contributed by atoms with Crippen LogP contribution in [0.5, 0.6) is 0 Å². The largest absolute Gasteiger partial charge is 0.370 e. The predicted octanol–water partition coefficient (Wildman–Crippen LogP) is 3.89. The topological polar surface area (TPSA) is 41.0 Å². The lowest BCUT2D eigenvalue weighted by molar-refractivity contribution is 0.295. The zero-order valence-corrected chi connectivity index (χ0v) is 14.7. The fourth-order valence-corrected chi connectivity index (χ4v) is 3.39. The fourth-order valence-electron chi connectivity index (χ4n) is 3.01. The third kappa shape index (κ3) is 4.02. The molecule has 4 nitrogen and oxygen atoms in total. The Kier molecular flexibility index (Phi) is 5.73. The van der Waals surface area contributed by atoms with Crippen molar-refractivity contribution in [2.45, 2.75) is 51.7 Å². The Bertz CT molecular complexity index is 466. The molecule has 0 bridgehead atoms. The second-order valence-electron chi connectivity index (χ2n) is 6.24. The van der Waals surface area contributed by atoms with Crippen molar-refractivity contribution >= 4 is 23.4 Å². The van der Waals surface area contributed by atoms with E-state index in [0.29, 0.717) is 12.0 Å². The summed E-state index contributed by atoms with van der Waals surface area (Å²) in [5, 5.41) is 4.25. The smallest absolute Gasteiger partial charge is 0.191 e. The molecule has 118 valence electrons. The van der Waals surface area contributed by atoms with Crippen LogP contribution in [0, 0.1) is 11.8 Å². The molecule has 2 heterocycles. The molecule has 1 fully saturated rings. The Morgan fingerprint density at radius 1 is 1.33 bits per heavy atom. The Balaban J connectivity index is 2.28. The summed E-state index contributed by atoms with van der Waals surface area (Å²) in [4.78, 5) is 11.8. The van der Waals surface area contributed by atoms with E-state index in [4.69, 9.17) is 4.98 Å². The minimum absolute atomic E-state index is 0.532. The molecule has 0 aliphatic carbocycles. The molecular formula is C16H28N4S. The van der Waals surface area contributed by atoms with Gasteiger partial charge in [0.15, 0.2) is 5.16 Å². The molecule has 0 radical (unpaired) electrons. The summed E-state index contributed by atoms with van der Waals surface area (Å²) < 4.78 is 0. The number of rotatable bonds is 5. The van der Waals surface area contributed by atoms with E-state index in [1.807, 2.05) is 6.26 Å². The van der Waals surface area contributed by atoms with E-state index in [0.717, 1.165) is 42.2 Å². The van der Waals surface area contributed by atoms with Crippen LogP contribution in [0.1, 0.15) is 40.5 Å². The molecule has 21 heavy (non-hydrogen) atoms. The Labute approximate surface area is 133 Å². The summed E-state index contributed by atoms with van der Waals surface area (Å²) in [6.45, 7) is 11.2. The molecule has 1 aliphatic heterocycles. The molecular weight excluding hydrogens is 280 g/mol. The highest BCUT2D eigenvalue weighted by atomic mass is 32.2. The summed E-state index contributed by atoms with van der Waals surface area (Å²) in [5.74, 6) is 3.44. The van der Waals surface area contributed by atoms with Gasteiger partial charge >= 0.3 is 0 Å². The van der Waals surface area contributed by atoms with Crippen LogP contribution < -0.4 is 10.2 Å². The number of nitrogens with zero attached hydrogens (tertiary/aromatic N) is 3. The van der Waals surface area contributed by atoms with Crippen LogP contribution in [0.2, 0.25) is 0 Å². The lowest BCUT2D eigenvalue weighted by atomic mass is 9.86.